The summed E-state index contributed by atoms with van der Waals surface area (Å²) in [4.78, 5) is 1.42. The van der Waals surface area contributed by atoms with Gasteiger partial charge in [0.2, 0.25) is 0 Å². The van der Waals surface area contributed by atoms with E-state index in [0.29, 0.717) is 12.1 Å². The van der Waals surface area contributed by atoms with Crippen molar-refractivity contribution in [3.8, 4) is 0 Å². The summed E-state index contributed by atoms with van der Waals surface area (Å²) in [6.07, 6.45) is 2.70. The molecule has 0 aromatic carbocycles. The summed E-state index contributed by atoms with van der Waals surface area (Å²) in [7, 11) is 0. The molecule has 1 nitrogen and oxygen atoms in total. The monoisotopic (exact) mass is 301 g/mol. The fourth-order valence-electron chi connectivity index (χ4n) is 2.61. The van der Waals surface area contributed by atoms with Crippen LogP contribution >= 0.6 is 27.3 Å². The molecule has 0 bridgehead atoms. The van der Waals surface area contributed by atoms with Crippen LogP contribution in [-0.2, 0) is 0 Å². The highest BCUT2D eigenvalue weighted by Crippen LogP contribution is 2.34. The maximum atomic E-state index is 3.78. The van der Waals surface area contributed by atoms with Crippen molar-refractivity contribution in [1.29, 1.82) is 0 Å². The van der Waals surface area contributed by atoms with Gasteiger partial charge in [0.25, 0.3) is 0 Å². The average Bonchev–Trinajstić information content (AvgIpc) is 2.79. The molecular weight excluding hydrogens is 282 g/mol. The third-order valence-electron chi connectivity index (χ3n) is 3.97. The predicted octanol–water partition coefficient (Wildman–Crippen LogP) is 4.60. The third kappa shape index (κ3) is 2.52. The molecule has 90 valence electrons. The molecule has 1 saturated carbocycles. The van der Waals surface area contributed by atoms with Gasteiger partial charge < -0.3 is 5.32 Å². The zero-order valence-electron chi connectivity index (χ0n) is 10.2. The minimum atomic E-state index is 0.465. The molecule has 1 aliphatic carbocycles. The van der Waals surface area contributed by atoms with E-state index < -0.39 is 0 Å². The first-order chi connectivity index (χ1) is 7.59. The number of halogens is 1. The van der Waals surface area contributed by atoms with Crippen LogP contribution in [-0.4, -0.2) is 6.04 Å². The summed E-state index contributed by atoms with van der Waals surface area (Å²) < 4.78 is 1.25. The molecule has 4 atom stereocenters. The van der Waals surface area contributed by atoms with E-state index in [1.165, 1.54) is 22.2 Å². The Balaban J connectivity index is 1.98. The molecule has 1 aromatic heterocycles. The quantitative estimate of drug-likeness (QED) is 0.860. The van der Waals surface area contributed by atoms with E-state index in [4.69, 9.17) is 0 Å². The minimum absolute atomic E-state index is 0.465. The number of nitrogens with one attached hydrogen (secondary N) is 1. The van der Waals surface area contributed by atoms with Gasteiger partial charge in [0.05, 0.1) is 0 Å². The molecule has 1 N–H and O–H groups in total. The Hall–Kier alpha value is 0.140. The minimum Gasteiger partial charge on any atom is -0.306 e. The van der Waals surface area contributed by atoms with Crippen molar-refractivity contribution >= 4 is 27.3 Å². The van der Waals surface area contributed by atoms with E-state index in [1.807, 2.05) is 11.3 Å². The third-order valence-corrected chi connectivity index (χ3v) is 6.02. The highest BCUT2D eigenvalue weighted by atomic mass is 79.9. The average molecular weight is 302 g/mol. The van der Waals surface area contributed by atoms with Gasteiger partial charge in [-0.3, -0.25) is 0 Å². The number of hydrogen-bond donors (Lipinski definition) is 1. The molecule has 0 radical (unpaired) electrons. The normalized spacial score (nSPS) is 31.9. The molecule has 4 unspecified atom stereocenters. The van der Waals surface area contributed by atoms with E-state index in [9.17, 15) is 0 Å². The molecule has 1 fully saturated rings. The second kappa shape index (κ2) is 5.19. The molecule has 2 rings (SSSR count). The maximum absolute atomic E-state index is 3.78. The molecule has 0 amide bonds. The van der Waals surface area contributed by atoms with Crippen LogP contribution in [0.15, 0.2) is 15.9 Å². The fraction of sp³-hybridized carbons (Fsp3) is 0.692. The van der Waals surface area contributed by atoms with Crippen LogP contribution in [0.25, 0.3) is 0 Å². The van der Waals surface area contributed by atoms with Gasteiger partial charge in [0.15, 0.2) is 0 Å². The van der Waals surface area contributed by atoms with Gasteiger partial charge in [-0.2, -0.15) is 0 Å². The molecule has 3 heteroatoms. The van der Waals surface area contributed by atoms with Crippen molar-refractivity contribution in [2.45, 2.75) is 45.7 Å². The molecule has 0 aliphatic heterocycles. The van der Waals surface area contributed by atoms with Gasteiger partial charge >= 0.3 is 0 Å². The Morgan fingerprint density at radius 2 is 2.19 bits per heavy atom. The molecule has 1 heterocycles. The molecule has 1 aromatic rings. The van der Waals surface area contributed by atoms with Gasteiger partial charge in [-0.05, 0) is 59.0 Å². The lowest BCUT2D eigenvalue weighted by molar-refractivity contribution is 0.348. The van der Waals surface area contributed by atoms with E-state index in [2.05, 4.69) is 53.5 Å². The Bertz CT molecular complexity index is 349. The summed E-state index contributed by atoms with van der Waals surface area (Å²) in [6.45, 7) is 7.02. The first-order valence-corrected chi connectivity index (χ1v) is 7.75. The van der Waals surface area contributed by atoms with Crippen LogP contribution in [0.1, 0.15) is 44.5 Å². The Kier molecular flexibility index (Phi) is 4.09. The summed E-state index contributed by atoms with van der Waals surface area (Å²) in [6, 6.07) is 3.30. The highest BCUT2D eigenvalue weighted by molar-refractivity contribution is 9.10. The van der Waals surface area contributed by atoms with Crippen LogP contribution in [0.3, 0.4) is 0 Å². The number of thiophene rings is 1. The topological polar surface area (TPSA) is 12.0 Å². The van der Waals surface area contributed by atoms with Crippen molar-refractivity contribution < 1.29 is 0 Å². The molecule has 0 saturated heterocycles. The zero-order chi connectivity index (χ0) is 11.7. The van der Waals surface area contributed by atoms with Gasteiger partial charge in [-0.15, -0.1) is 11.3 Å². The highest BCUT2D eigenvalue weighted by Gasteiger charge is 2.30. The largest absolute Gasteiger partial charge is 0.306 e. The molecule has 16 heavy (non-hydrogen) atoms. The van der Waals surface area contributed by atoms with Crippen molar-refractivity contribution in [2.24, 2.45) is 11.8 Å². The van der Waals surface area contributed by atoms with Crippen LogP contribution in [0.2, 0.25) is 0 Å². The summed E-state index contributed by atoms with van der Waals surface area (Å²) in [5.41, 5.74) is 0. The smallest absolute Gasteiger partial charge is 0.0399 e. The van der Waals surface area contributed by atoms with Gasteiger partial charge in [0, 0.05) is 21.4 Å². The zero-order valence-corrected chi connectivity index (χ0v) is 12.6. The van der Waals surface area contributed by atoms with Crippen LogP contribution in [0.4, 0.5) is 0 Å². The van der Waals surface area contributed by atoms with E-state index in [1.54, 1.807) is 0 Å². The first-order valence-electron chi connectivity index (χ1n) is 6.08. The lowest BCUT2D eigenvalue weighted by Crippen LogP contribution is -2.34. The van der Waals surface area contributed by atoms with Crippen molar-refractivity contribution in [3.05, 3.63) is 20.8 Å². The van der Waals surface area contributed by atoms with Crippen LogP contribution in [0, 0.1) is 11.8 Å². The predicted molar refractivity (Wildman–Crippen MR) is 74.9 cm³/mol. The molecule has 0 spiro atoms. The van der Waals surface area contributed by atoms with E-state index in [0.717, 1.165) is 11.8 Å². The van der Waals surface area contributed by atoms with E-state index in [-0.39, 0.29) is 0 Å². The van der Waals surface area contributed by atoms with Gasteiger partial charge in [-0.25, -0.2) is 0 Å². The first kappa shape index (κ1) is 12.6. The SMILES string of the molecule is CC(NC1CCC(C)C1C)c1sccc1Br. The Morgan fingerprint density at radius 1 is 1.44 bits per heavy atom. The number of hydrogen-bond acceptors (Lipinski definition) is 2. The van der Waals surface area contributed by atoms with Crippen LogP contribution in [0.5, 0.6) is 0 Å². The standard InChI is InChI=1S/C13H20BrNS/c1-8-4-5-12(9(8)2)15-10(3)13-11(14)6-7-16-13/h6-10,12,15H,4-5H2,1-3H3. The van der Waals surface area contributed by atoms with E-state index >= 15 is 0 Å². The second-order valence-electron chi connectivity index (χ2n) is 5.04. The fourth-order valence-corrected chi connectivity index (χ4v) is 4.35. The van der Waals surface area contributed by atoms with Crippen molar-refractivity contribution in [3.63, 3.8) is 0 Å². The lowest BCUT2D eigenvalue weighted by Gasteiger charge is -2.24. The Labute approximate surface area is 111 Å². The van der Waals surface area contributed by atoms with Crippen molar-refractivity contribution in [2.75, 3.05) is 0 Å². The summed E-state index contributed by atoms with van der Waals surface area (Å²) in [5.74, 6) is 1.68. The second-order valence-corrected chi connectivity index (χ2v) is 6.84. The number of rotatable bonds is 3. The van der Waals surface area contributed by atoms with Crippen LogP contribution < -0.4 is 5.32 Å². The maximum Gasteiger partial charge on any atom is 0.0399 e. The summed E-state index contributed by atoms with van der Waals surface area (Å²) in [5, 5.41) is 5.93. The summed E-state index contributed by atoms with van der Waals surface area (Å²) >= 11 is 5.45. The molecular formula is C13H20BrNS. The van der Waals surface area contributed by atoms with Crippen molar-refractivity contribution in [1.82, 2.24) is 5.32 Å². The lowest BCUT2D eigenvalue weighted by atomic mass is 9.97. The Morgan fingerprint density at radius 3 is 2.69 bits per heavy atom. The van der Waals surface area contributed by atoms with Gasteiger partial charge in [0.1, 0.15) is 0 Å². The van der Waals surface area contributed by atoms with Gasteiger partial charge in [-0.1, -0.05) is 13.8 Å². The molecule has 1 aliphatic rings.